The number of amides is 1. The van der Waals surface area contributed by atoms with Crippen molar-refractivity contribution in [2.75, 3.05) is 38.5 Å². The van der Waals surface area contributed by atoms with Gasteiger partial charge in [-0.1, -0.05) is 0 Å². The summed E-state index contributed by atoms with van der Waals surface area (Å²) in [6.07, 6.45) is 1.85. The summed E-state index contributed by atoms with van der Waals surface area (Å²) >= 11 is 3.38. The predicted molar refractivity (Wildman–Crippen MR) is 108 cm³/mol. The second kappa shape index (κ2) is 8.14. The van der Waals surface area contributed by atoms with E-state index in [-0.39, 0.29) is 10.8 Å². The van der Waals surface area contributed by atoms with Crippen molar-refractivity contribution >= 4 is 37.5 Å². The number of nitrogens with zero attached hydrogens (tertiary/aromatic N) is 3. The molecule has 2 heterocycles. The number of likely N-dealkylation sites (N-methyl/N-ethyl adjacent to an activating group) is 1. The standard InChI is InChI=1S/C18H23BrN4O3S/c1-3-22-13-14(19)12-17(22)18(24)20-15-4-6-16(7-5-15)27(25,26)23-10-8-21(2)9-11-23/h4-7,12-13H,3,8-11H2,1-2H3,(H,20,24). The lowest BCUT2D eigenvalue weighted by Gasteiger charge is -2.31. The second-order valence-corrected chi connectivity index (χ2v) is 9.37. The average Bonchev–Trinajstić information content (AvgIpc) is 3.03. The lowest BCUT2D eigenvalue weighted by molar-refractivity contribution is 0.101. The van der Waals surface area contributed by atoms with E-state index in [4.69, 9.17) is 0 Å². The second-order valence-electron chi connectivity index (χ2n) is 6.52. The highest BCUT2D eigenvalue weighted by molar-refractivity contribution is 9.10. The third kappa shape index (κ3) is 4.43. The third-order valence-corrected chi connectivity index (χ3v) is 7.00. The molecule has 0 unspecified atom stereocenters. The van der Waals surface area contributed by atoms with Gasteiger partial charge in [0.1, 0.15) is 5.69 Å². The fourth-order valence-electron chi connectivity index (χ4n) is 3.01. The summed E-state index contributed by atoms with van der Waals surface area (Å²) in [6, 6.07) is 8.07. The lowest BCUT2D eigenvalue weighted by Crippen LogP contribution is -2.46. The fourth-order valence-corrected chi connectivity index (χ4v) is 4.90. The number of aromatic nitrogens is 1. The Morgan fingerprint density at radius 2 is 1.78 bits per heavy atom. The maximum atomic E-state index is 12.7. The van der Waals surface area contributed by atoms with Crippen molar-refractivity contribution in [2.24, 2.45) is 0 Å². The van der Waals surface area contributed by atoms with E-state index in [1.54, 1.807) is 18.2 Å². The molecule has 146 valence electrons. The van der Waals surface area contributed by atoms with Crippen LogP contribution in [-0.2, 0) is 16.6 Å². The molecule has 1 aliphatic rings. The predicted octanol–water partition coefficient (Wildman–Crippen LogP) is 2.46. The first-order valence-electron chi connectivity index (χ1n) is 8.77. The van der Waals surface area contributed by atoms with Crippen molar-refractivity contribution < 1.29 is 13.2 Å². The van der Waals surface area contributed by atoms with Gasteiger partial charge in [0.2, 0.25) is 10.0 Å². The molecule has 1 amide bonds. The van der Waals surface area contributed by atoms with E-state index in [2.05, 4.69) is 26.1 Å². The van der Waals surface area contributed by atoms with Gasteiger partial charge in [0.15, 0.2) is 0 Å². The van der Waals surface area contributed by atoms with Crippen LogP contribution in [0.3, 0.4) is 0 Å². The van der Waals surface area contributed by atoms with Crippen molar-refractivity contribution in [3.8, 4) is 0 Å². The number of hydrogen-bond donors (Lipinski definition) is 1. The van der Waals surface area contributed by atoms with Gasteiger partial charge in [-0.2, -0.15) is 4.31 Å². The molecule has 0 spiro atoms. The number of hydrogen-bond acceptors (Lipinski definition) is 4. The zero-order valence-corrected chi connectivity index (χ0v) is 17.8. The Kier molecular flexibility index (Phi) is 6.05. The van der Waals surface area contributed by atoms with Gasteiger partial charge < -0.3 is 14.8 Å². The Hall–Kier alpha value is -1.68. The molecule has 0 bridgehead atoms. The van der Waals surface area contributed by atoms with Crippen molar-refractivity contribution in [3.63, 3.8) is 0 Å². The molecule has 1 aliphatic heterocycles. The summed E-state index contributed by atoms with van der Waals surface area (Å²) < 4.78 is 29.7. The van der Waals surface area contributed by atoms with Crippen LogP contribution < -0.4 is 5.32 Å². The van der Waals surface area contributed by atoms with E-state index in [9.17, 15) is 13.2 Å². The van der Waals surface area contributed by atoms with Crippen LogP contribution in [0, 0.1) is 0 Å². The van der Waals surface area contributed by atoms with Crippen molar-refractivity contribution in [1.29, 1.82) is 0 Å². The molecule has 0 saturated carbocycles. The zero-order chi connectivity index (χ0) is 19.6. The fraction of sp³-hybridized carbons (Fsp3) is 0.389. The van der Waals surface area contributed by atoms with Crippen LogP contribution in [0.4, 0.5) is 5.69 Å². The third-order valence-electron chi connectivity index (χ3n) is 4.65. The number of anilines is 1. The first kappa shape index (κ1) is 20.1. The lowest BCUT2D eigenvalue weighted by atomic mass is 10.3. The van der Waals surface area contributed by atoms with E-state index in [0.29, 0.717) is 31.0 Å². The highest BCUT2D eigenvalue weighted by Gasteiger charge is 2.27. The van der Waals surface area contributed by atoms with E-state index in [1.807, 2.05) is 24.7 Å². The minimum atomic E-state index is -3.51. The Labute approximate surface area is 168 Å². The zero-order valence-electron chi connectivity index (χ0n) is 15.4. The molecular weight excluding hydrogens is 432 g/mol. The normalized spacial score (nSPS) is 16.4. The van der Waals surface area contributed by atoms with Crippen molar-refractivity contribution in [1.82, 2.24) is 13.8 Å². The Morgan fingerprint density at radius 3 is 2.37 bits per heavy atom. The van der Waals surface area contributed by atoms with Gasteiger partial charge in [-0.15, -0.1) is 0 Å². The number of carbonyl (C=O) groups is 1. The highest BCUT2D eigenvalue weighted by Crippen LogP contribution is 2.21. The number of sulfonamides is 1. The molecule has 0 radical (unpaired) electrons. The molecule has 7 nitrogen and oxygen atoms in total. The Bertz CT molecular complexity index is 917. The number of piperazine rings is 1. The number of carbonyl (C=O) groups excluding carboxylic acids is 1. The average molecular weight is 455 g/mol. The summed E-state index contributed by atoms with van der Waals surface area (Å²) in [7, 11) is -1.53. The number of halogens is 1. The summed E-state index contributed by atoms with van der Waals surface area (Å²) in [6.45, 7) is 5.05. The van der Waals surface area contributed by atoms with E-state index in [0.717, 1.165) is 17.6 Å². The summed E-state index contributed by atoms with van der Waals surface area (Å²) in [5, 5.41) is 2.81. The van der Waals surface area contributed by atoms with E-state index in [1.165, 1.54) is 16.4 Å². The SMILES string of the molecule is CCn1cc(Br)cc1C(=O)Nc1ccc(S(=O)(=O)N2CCN(C)CC2)cc1. The number of nitrogens with one attached hydrogen (secondary N) is 1. The molecule has 1 aromatic heterocycles. The molecule has 27 heavy (non-hydrogen) atoms. The van der Waals surface area contributed by atoms with Crippen LogP contribution in [0.15, 0.2) is 45.9 Å². The largest absolute Gasteiger partial charge is 0.343 e. The molecule has 2 aromatic rings. The van der Waals surface area contributed by atoms with Crippen LogP contribution >= 0.6 is 15.9 Å². The van der Waals surface area contributed by atoms with Gasteiger partial charge in [0, 0.05) is 49.1 Å². The van der Waals surface area contributed by atoms with Gasteiger partial charge in [-0.25, -0.2) is 8.42 Å². The molecular formula is C18H23BrN4O3S. The van der Waals surface area contributed by atoms with Crippen LogP contribution in [0.1, 0.15) is 17.4 Å². The van der Waals surface area contributed by atoms with Gasteiger partial charge in [-0.05, 0) is 60.2 Å². The highest BCUT2D eigenvalue weighted by atomic mass is 79.9. The van der Waals surface area contributed by atoms with Gasteiger partial charge >= 0.3 is 0 Å². The van der Waals surface area contributed by atoms with Crippen molar-refractivity contribution in [2.45, 2.75) is 18.4 Å². The Morgan fingerprint density at radius 1 is 1.15 bits per heavy atom. The van der Waals surface area contributed by atoms with E-state index < -0.39 is 10.0 Å². The first-order valence-corrected chi connectivity index (χ1v) is 11.0. The molecule has 1 fully saturated rings. The number of aryl methyl sites for hydroxylation is 1. The Balaban J connectivity index is 1.72. The van der Waals surface area contributed by atoms with Crippen LogP contribution in [0.5, 0.6) is 0 Å². The first-order chi connectivity index (χ1) is 12.8. The maximum Gasteiger partial charge on any atom is 0.272 e. The summed E-state index contributed by atoms with van der Waals surface area (Å²) in [5.41, 5.74) is 1.09. The van der Waals surface area contributed by atoms with Gasteiger partial charge in [0.05, 0.1) is 4.90 Å². The van der Waals surface area contributed by atoms with Crippen LogP contribution in [-0.4, -0.2) is 61.3 Å². The summed E-state index contributed by atoms with van der Waals surface area (Å²) in [4.78, 5) is 14.8. The maximum absolute atomic E-state index is 12.7. The van der Waals surface area contributed by atoms with Crippen LogP contribution in [0.2, 0.25) is 0 Å². The molecule has 1 N–H and O–H groups in total. The quantitative estimate of drug-likeness (QED) is 0.752. The number of benzene rings is 1. The molecule has 3 rings (SSSR count). The van der Waals surface area contributed by atoms with E-state index >= 15 is 0 Å². The summed E-state index contributed by atoms with van der Waals surface area (Å²) in [5.74, 6) is -0.239. The molecule has 9 heteroatoms. The molecule has 0 atom stereocenters. The van der Waals surface area contributed by atoms with Gasteiger partial charge in [-0.3, -0.25) is 4.79 Å². The van der Waals surface area contributed by atoms with Crippen molar-refractivity contribution in [3.05, 3.63) is 46.7 Å². The van der Waals surface area contributed by atoms with Crippen LogP contribution in [0.25, 0.3) is 0 Å². The minimum Gasteiger partial charge on any atom is -0.343 e. The molecule has 1 aromatic carbocycles. The smallest absolute Gasteiger partial charge is 0.272 e. The molecule has 0 aliphatic carbocycles. The molecule has 1 saturated heterocycles. The van der Waals surface area contributed by atoms with Gasteiger partial charge in [0.25, 0.3) is 5.91 Å². The monoisotopic (exact) mass is 454 g/mol. The minimum absolute atomic E-state index is 0.239. The topological polar surface area (TPSA) is 74.6 Å². The number of rotatable bonds is 5.